The second kappa shape index (κ2) is 11.9. The highest BCUT2D eigenvalue weighted by Gasteiger charge is 2.30. The Hall–Kier alpha value is -2.48. The number of nitrogens with one attached hydrogen (secondary N) is 1. The van der Waals surface area contributed by atoms with E-state index >= 15 is 0 Å². The first kappa shape index (κ1) is 24.2. The van der Waals surface area contributed by atoms with Crippen molar-refractivity contribution < 1.29 is 18.8 Å². The zero-order valence-electron chi connectivity index (χ0n) is 17.7. The zero-order valence-corrected chi connectivity index (χ0v) is 20.1. The fourth-order valence-corrected chi connectivity index (χ4v) is 5.18. The summed E-state index contributed by atoms with van der Waals surface area (Å²) in [7, 11) is -1.38. The fourth-order valence-electron chi connectivity index (χ4n) is 3.15. The van der Waals surface area contributed by atoms with Gasteiger partial charge < -0.3 is 15.2 Å². The minimum Gasteiger partial charge on any atom is -0.445 e. The van der Waals surface area contributed by atoms with Crippen molar-refractivity contribution in [3.63, 3.8) is 0 Å². The number of carbonyl (C=O) groups is 1. The minimum atomic E-state index is -1.38. The van der Waals surface area contributed by atoms with E-state index in [4.69, 9.17) is 4.74 Å². The van der Waals surface area contributed by atoms with Crippen LogP contribution >= 0.6 is 15.9 Å². The number of amides is 1. The molecule has 168 valence electrons. The topological polar surface area (TPSA) is 75.6 Å². The largest absolute Gasteiger partial charge is 0.445 e. The van der Waals surface area contributed by atoms with E-state index in [2.05, 4.69) is 21.2 Å². The number of benzene rings is 3. The summed E-state index contributed by atoms with van der Waals surface area (Å²) < 4.78 is 18.1. The predicted molar refractivity (Wildman–Crippen MR) is 130 cm³/mol. The van der Waals surface area contributed by atoms with Crippen molar-refractivity contribution in [2.45, 2.75) is 35.4 Å². The second-order valence-corrected chi connectivity index (χ2v) is 9.98. The van der Waals surface area contributed by atoms with E-state index in [9.17, 15) is 14.1 Å². The van der Waals surface area contributed by atoms with Crippen LogP contribution < -0.4 is 5.32 Å². The molecule has 4 atom stereocenters. The molecule has 2 N–H and O–H groups in total. The molecular formula is C25H26BrNO4S. The number of rotatable bonds is 9. The molecule has 0 bridgehead atoms. The van der Waals surface area contributed by atoms with Gasteiger partial charge in [0.05, 0.1) is 33.5 Å². The maximum atomic E-state index is 12.7. The number of aliphatic hydroxyl groups is 1. The van der Waals surface area contributed by atoms with Crippen LogP contribution in [0, 0.1) is 6.92 Å². The van der Waals surface area contributed by atoms with Crippen LogP contribution in [0.4, 0.5) is 4.79 Å². The number of ether oxygens (including phenoxy) is 1. The van der Waals surface area contributed by atoms with Crippen molar-refractivity contribution in [1.82, 2.24) is 5.32 Å². The number of carbonyl (C=O) groups excluding carboxylic acids is 1. The van der Waals surface area contributed by atoms with E-state index in [1.165, 1.54) is 0 Å². The van der Waals surface area contributed by atoms with Crippen LogP contribution in [0.1, 0.15) is 22.7 Å². The summed E-state index contributed by atoms with van der Waals surface area (Å²) in [6.07, 6.45) is -1.57. The van der Waals surface area contributed by atoms with Crippen molar-refractivity contribution in [1.29, 1.82) is 0 Å². The quantitative estimate of drug-likeness (QED) is 0.397. The van der Waals surface area contributed by atoms with Gasteiger partial charge in [-0.2, -0.15) is 0 Å². The van der Waals surface area contributed by atoms with E-state index in [0.29, 0.717) is 4.90 Å². The number of alkyl halides is 1. The van der Waals surface area contributed by atoms with Gasteiger partial charge in [-0.1, -0.05) is 94.3 Å². The maximum Gasteiger partial charge on any atom is 0.407 e. The molecule has 3 rings (SSSR count). The molecule has 0 spiro atoms. The number of halogens is 1. The van der Waals surface area contributed by atoms with Crippen LogP contribution in [0.2, 0.25) is 0 Å². The summed E-state index contributed by atoms with van der Waals surface area (Å²) in [5.41, 5.74) is 2.75. The molecule has 32 heavy (non-hydrogen) atoms. The highest BCUT2D eigenvalue weighted by molar-refractivity contribution is 9.09. The van der Waals surface area contributed by atoms with Gasteiger partial charge >= 0.3 is 6.09 Å². The molecule has 0 aliphatic carbocycles. The molecule has 0 saturated heterocycles. The number of alkyl carbamates (subject to hydrolysis) is 1. The molecule has 1 amide bonds. The minimum absolute atomic E-state index is 0.0308. The molecule has 0 aliphatic heterocycles. The number of hydrogen-bond donors (Lipinski definition) is 2. The van der Waals surface area contributed by atoms with Gasteiger partial charge in [0.25, 0.3) is 0 Å². The Morgan fingerprint density at radius 1 is 1.00 bits per heavy atom. The Labute approximate surface area is 199 Å². The third-order valence-corrected chi connectivity index (χ3v) is 7.52. The number of aliphatic hydroxyl groups excluding tert-OH is 1. The average Bonchev–Trinajstić information content (AvgIpc) is 2.82. The lowest BCUT2D eigenvalue weighted by atomic mass is 10.0. The first-order chi connectivity index (χ1) is 15.4. The molecule has 0 aliphatic rings. The van der Waals surface area contributed by atoms with E-state index < -0.39 is 33.9 Å². The van der Waals surface area contributed by atoms with Gasteiger partial charge in [-0.25, -0.2) is 4.79 Å². The molecule has 1 unspecified atom stereocenters. The van der Waals surface area contributed by atoms with Gasteiger partial charge in [-0.05, 0) is 30.2 Å². The first-order valence-electron chi connectivity index (χ1n) is 10.2. The van der Waals surface area contributed by atoms with Crippen LogP contribution in [-0.2, 0) is 22.1 Å². The smallest absolute Gasteiger partial charge is 0.407 e. The third-order valence-electron chi connectivity index (χ3n) is 4.94. The Kier molecular flexibility index (Phi) is 9.02. The molecular weight excluding hydrogens is 490 g/mol. The summed E-state index contributed by atoms with van der Waals surface area (Å²) in [5, 5.41) is 13.7. The molecule has 0 fully saturated rings. The van der Waals surface area contributed by atoms with E-state index in [1.54, 1.807) is 12.1 Å². The molecule has 3 aromatic rings. The Bertz CT molecular complexity index is 1020. The maximum absolute atomic E-state index is 12.7. The SMILES string of the molecule is Cc1ccc(S(=O)C[C@@H](O)[C@@H](Br)[C@@H](NC(=O)OCc2ccccc2)c2ccccc2)cc1. The summed E-state index contributed by atoms with van der Waals surface area (Å²) in [6.45, 7) is 2.10. The highest BCUT2D eigenvalue weighted by atomic mass is 79.9. The predicted octanol–water partition coefficient (Wildman–Crippen LogP) is 4.89. The van der Waals surface area contributed by atoms with Crippen LogP contribution in [0.3, 0.4) is 0 Å². The van der Waals surface area contributed by atoms with Crippen molar-refractivity contribution in [3.05, 3.63) is 102 Å². The van der Waals surface area contributed by atoms with Gasteiger partial charge in [0, 0.05) is 4.90 Å². The number of hydrogen-bond acceptors (Lipinski definition) is 4. The molecule has 0 radical (unpaired) electrons. The first-order valence-corrected chi connectivity index (χ1v) is 12.5. The standard InChI is InChI=1S/C25H26BrNO4S/c1-18-12-14-21(15-13-18)32(30)17-22(28)23(26)24(20-10-6-3-7-11-20)27-25(29)31-16-19-8-4-2-5-9-19/h2-15,22-24,28H,16-17H2,1H3,(H,27,29)/t22-,23-,24+,32?/m1/s1. The second-order valence-electron chi connectivity index (χ2n) is 7.43. The summed E-state index contributed by atoms with van der Waals surface area (Å²) in [6, 6.07) is 25.5. The lowest BCUT2D eigenvalue weighted by Crippen LogP contribution is -2.41. The van der Waals surface area contributed by atoms with Gasteiger partial charge in [0.2, 0.25) is 0 Å². The van der Waals surface area contributed by atoms with E-state index in [-0.39, 0.29) is 12.4 Å². The number of aryl methyl sites for hydroxylation is 1. The van der Waals surface area contributed by atoms with Crippen LogP contribution in [-0.4, -0.2) is 32.1 Å². The monoisotopic (exact) mass is 515 g/mol. The fraction of sp³-hybridized carbons (Fsp3) is 0.240. The molecule has 5 nitrogen and oxygen atoms in total. The third kappa shape index (κ3) is 7.02. The molecule has 0 heterocycles. The van der Waals surface area contributed by atoms with Crippen LogP contribution in [0.15, 0.2) is 89.8 Å². The van der Waals surface area contributed by atoms with Crippen LogP contribution in [0.25, 0.3) is 0 Å². The molecule has 0 aromatic heterocycles. The summed E-state index contributed by atoms with van der Waals surface area (Å²) in [5.74, 6) is 0.0308. The van der Waals surface area contributed by atoms with E-state index in [1.807, 2.05) is 79.7 Å². The molecule has 0 saturated carbocycles. The lowest BCUT2D eigenvalue weighted by molar-refractivity contribution is 0.129. The molecule has 7 heteroatoms. The zero-order chi connectivity index (χ0) is 22.9. The van der Waals surface area contributed by atoms with Crippen molar-refractivity contribution in [3.8, 4) is 0 Å². The van der Waals surface area contributed by atoms with Gasteiger partial charge in [-0.3, -0.25) is 4.21 Å². The van der Waals surface area contributed by atoms with Gasteiger partial charge in [-0.15, -0.1) is 0 Å². The van der Waals surface area contributed by atoms with Crippen molar-refractivity contribution >= 4 is 32.8 Å². The average molecular weight is 516 g/mol. The van der Waals surface area contributed by atoms with Gasteiger partial charge in [0.1, 0.15) is 6.61 Å². The summed E-state index contributed by atoms with van der Waals surface area (Å²) in [4.78, 5) is 12.6. The lowest BCUT2D eigenvalue weighted by Gasteiger charge is -2.27. The Balaban J connectivity index is 1.67. The molecule has 3 aromatic carbocycles. The Morgan fingerprint density at radius 2 is 1.59 bits per heavy atom. The van der Waals surface area contributed by atoms with E-state index in [0.717, 1.165) is 16.7 Å². The van der Waals surface area contributed by atoms with Gasteiger partial charge in [0.15, 0.2) is 0 Å². The van der Waals surface area contributed by atoms with Crippen LogP contribution in [0.5, 0.6) is 0 Å². The van der Waals surface area contributed by atoms with Crippen molar-refractivity contribution in [2.24, 2.45) is 0 Å². The van der Waals surface area contributed by atoms with Crippen molar-refractivity contribution in [2.75, 3.05) is 5.75 Å². The highest BCUT2D eigenvalue weighted by Crippen LogP contribution is 2.27. The summed E-state index contributed by atoms with van der Waals surface area (Å²) >= 11 is 3.53. The normalized spacial score (nSPS) is 14.7. The Morgan fingerprint density at radius 3 is 2.22 bits per heavy atom.